The molecule has 1 fully saturated rings. The normalized spacial score (nSPS) is 20.2. The fourth-order valence-electron chi connectivity index (χ4n) is 2.39. The van der Waals surface area contributed by atoms with Gasteiger partial charge in [0, 0.05) is 34.7 Å². The maximum Gasteiger partial charge on any atom is 0.107 e. The van der Waals surface area contributed by atoms with Crippen molar-refractivity contribution in [2.24, 2.45) is 11.7 Å². The number of hydrogen-bond acceptors (Lipinski definition) is 4. The van der Waals surface area contributed by atoms with E-state index in [2.05, 4.69) is 12.2 Å². The van der Waals surface area contributed by atoms with E-state index in [4.69, 9.17) is 22.7 Å². The lowest BCUT2D eigenvalue weighted by molar-refractivity contribution is 0.183. The Kier molecular flexibility index (Phi) is 5.07. The van der Waals surface area contributed by atoms with Gasteiger partial charge in [-0.05, 0) is 31.7 Å². The Bertz CT molecular complexity index is 459. The summed E-state index contributed by atoms with van der Waals surface area (Å²) in [7, 11) is 0. The van der Waals surface area contributed by atoms with Crippen LogP contribution in [0.2, 0.25) is 0 Å². The first-order valence-electron chi connectivity index (χ1n) is 6.44. The zero-order chi connectivity index (χ0) is 13.8. The number of hydrogen-bond donors (Lipinski definition) is 2. The molecule has 1 aromatic carbocycles. The molecular weight excluding hydrogens is 276 g/mol. The van der Waals surface area contributed by atoms with E-state index in [-0.39, 0.29) is 0 Å². The van der Waals surface area contributed by atoms with E-state index in [1.165, 1.54) is 0 Å². The van der Waals surface area contributed by atoms with Gasteiger partial charge in [-0.1, -0.05) is 18.3 Å². The summed E-state index contributed by atoms with van der Waals surface area (Å²) in [5.74, 6) is 0.553. The van der Waals surface area contributed by atoms with Crippen molar-refractivity contribution in [3.05, 3.63) is 23.8 Å². The van der Waals surface area contributed by atoms with Crippen LogP contribution in [0, 0.1) is 5.92 Å². The Hall–Kier alpha value is -0.780. The van der Waals surface area contributed by atoms with Gasteiger partial charge in [-0.15, -0.1) is 11.8 Å². The largest absolute Gasteiger partial charge is 0.389 e. The van der Waals surface area contributed by atoms with Crippen LogP contribution in [-0.2, 0) is 4.74 Å². The summed E-state index contributed by atoms with van der Waals surface area (Å²) in [6.45, 7) is 3.89. The molecule has 0 amide bonds. The third-order valence-corrected chi connectivity index (χ3v) is 4.53. The highest BCUT2D eigenvalue weighted by atomic mass is 32.2. The van der Waals surface area contributed by atoms with Crippen molar-refractivity contribution in [3.8, 4) is 0 Å². The number of thiocarbonyl (C=S) groups is 1. The first kappa shape index (κ1) is 14.6. The van der Waals surface area contributed by atoms with Gasteiger partial charge in [0.05, 0.1) is 6.61 Å². The van der Waals surface area contributed by atoms with Gasteiger partial charge in [0.15, 0.2) is 0 Å². The minimum atomic E-state index is 0.354. The molecule has 1 aliphatic rings. The molecule has 2 atom stereocenters. The SMILES string of the molecule is CSc1cccc(NC(C)C2CCOC2)c1C(N)=S. The Balaban J connectivity index is 2.21. The van der Waals surface area contributed by atoms with Gasteiger partial charge in [-0.3, -0.25) is 0 Å². The molecule has 1 aliphatic heterocycles. The maximum atomic E-state index is 5.87. The summed E-state index contributed by atoms with van der Waals surface area (Å²) in [4.78, 5) is 1.56. The van der Waals surface area contributed by atoms with E-state index in [9.17, 15) is 0 Å². The summed E-state index contributed by atoms with van der Waals surface area (Å²) < 4.78 is 5.44. The predicted octanol–water partition coefficient (Wildman–Crippen LogP) is 2.88. The topological polar surface area (TPSA) is 47.3 Å². The molecule has 0 saturated carbocycles. The molecule has 1 saturated heterocycles. The highest BCUT2D eigenvalue weighted by molar-refractivity contribution is 7.98. The molecule has 19 heavy (non-hydrogen) atoms. The van der Waals surface area contributed by atoms with Crippen LogP contribution in [0.25, 0.3) is 0 Å². The van der Waals surface area contributed by atoms with Gasteiger partial charge in [0.25, 0.3) is 0 Å². The molecule has 0 aromatic heterocycles. The van der Waals surface area contributed by atoms with E-state index >= 15 is 0 Å². The average Bonchev–Trinajstić information content (AvgIpc) is 2.92. The highest BCUT2D eigenvalue weighted by Gasteiger charge is 2.23. The maximum absolute atomic E-state index is 5.87. The van der Waals surface area contributed by atoms with Crippen molar-refractivity contribution in [3.63, 3.8) is 0 Å². The molecule has 104 valence electrons. The van der Waals surface area contributed by atoms with Crippen LogP contribution in [0.3, 0.4) is 0 Å². The third-order valence-electron chi connectivity index (χ3n) is 3.55. The molecule has 2 rings (SSSR count). The van der Waals surface area contributed by atoms with Gasteiger partial charge in [0.1, 0.15) is 4.99 Å². The molecule has 3 nitrogen and oxygen atoms in total. The van der Waals surface area contributed by atoms with Crippen molar-refractivity contribution in [2.45, 2.75) is 24.3 Å². The molecule has 0 aliphatic carbocycles. The molecular formula is C14H20N2OS2. The molecule has 1 aromatic rings. The molecule has 3 N–H and O–H groups in total. The number of anilines is 1. The Labute approximate surface area is 124 Å². The van der Waals surface area contributed by atoms with Gasteiger partial charge >= 0.3 is 0 Å². The summed E-state index contributed by atoms with van der Waals surface area (Å²) in [5.41, 5.74) is 7.85. The summed E-state index contributed by atoms with van der Waals surface area (Å²) in [6.07, 6.45) is 3.15. The summed E-state index contributed by atoms with van der Waals surface area (Å²) in [6, 6.07) is 6.48. The number of benzene rings is 1. The highest BCUT2D eigenvalue weighted by Crippen LogP contribution is 2.29. The van der Waals surface area contributed by atoms with Gasteiger partial charge in [-0.25, -0.2) is 0 Å². The lowest BCUT2D eigenvalue weighted by atomic mass is 10.00. The average molecular weight is 296 g/mol. The van der Waals surface area contributed by atoms with Crippen LogP contribution in [0.15, 0.2) is 23.1 Å². The zero-order valence-corrected chi connectivity index (χ0v) is 12.9. The summed E-state index contributed by atoms with van der Waals surface area (Å²) in [5, 5.41) is 3.55. The van der Waals surface area contributed by atoms with Crippen LogP contribution in [0.5, 0.6) is 0 Å². The van der Waals surface area contributed by atoms with E-state index in [0.717, 1.165) is 35.8 Å². The van der Waals surface area contributed by atoms with Crippen molar-refractivity contribution in [1.29, 1.82) is 0 Å². The monoisotopic (exact) mass is 296 g/mol. The van der Waals surface area contributed by atoms with E-state index in [1.54, 1.807) is 11.8 Å². The lowest BCUT2D eigenvalue weighted by Crippen LogP contribution is -2.27. The first-order valence-corrected chi connectivity index (χ1v) is 8.08. The molecule has 1 heterocycles. The number of nitrogens with two attached hydrogens (primary N) is 1. The molecule has 0 spiro atoms. The second-order valence-electron chi connectivity index (χ2n) is 4.80. The van der Waals surface area contributed by atoms with E-state index < -0.39 is 0 Å². The van der Waals surface area contributed by atoms with Gasteiger partial charge < -0.3 is 15.8 Å². The predicted molar refractivity (Wildman–Crippen MR) is 86.1 cm³/mol. The molecule has 0 bridgehead atoms. The Morgan fingerprint density at radius 3 is 2.95 bits per heavy atom. The molecule has 2 unspecified atom stereocenters. The second kappa shape index (κ2) is 6.59. The second-order valence-corrected chi connectivity index (χ2v) is 6.09. The van der Waals surface area contributed by atoms with Crippen LogP contribution in [0.1, 0.15) is 18.9 Å². The van der Waals surface area contributed by atoms with Crippen molar-refractivity contribution in [1.82, 2.24) is 0 Å². The smallest absolute Gasteiger partial charge is 0.107 e. The zero-order valence-electron chi connectivity index (χ0n) is 11.3. The molecule has 5 heteroatoms. The minimum Gasteiger partial charge on any atom is -0.389 e. The standard InChI is InChI=1S/C14H20N2OS2/c1-9(10-6-7-17-8-10)16-11-4-3-5-12(19-2)13(11)14(15)18/h3-5,9-10,16H,6-8H2,1-2H3,(H2,15,18). The third kappa shape index (κ3) is 3.41. The molecule has 0 radical (unpaired) electrons. The van der Waals surface area contributed by atoms with Crippen LogP contribution < -0.4 is 11.1 Å². The number of rotatable bonds is 5. The Morgan fingerprint density at radius 2 is 2.37 bits per heavy atom. The quantitative estimate of drug-likeness (QED) is 0.646. The van der Waals surface area contributed by atoms with Crippen LogP contribution >= 0.6 is 24.0 Å². The first-order chi connectivity index (χ1) is 9.13. The fourth-order valence-corrected chi connectivity index (χ4v) is 3.31. The minimum absolute atomic E-state index is 0.354. The number of ether oxygens (including phenoxy) is 1. The fraction of sp³-hybridized carbons (Fsp3) is 0.500. The number of nitrogens with one attached hydrogen (secondary N) is 1. The lowest BCUT2D eigenvalue weighted by Gasteiger charge is -2.23. The summed E-state index contributed by atoms with van der Waals surface area (Å²) >= 11 is 6.86. The van der Waals surface area contributed by atoms with Crippen LogP contribution in [0.4, 0.5) is 5.69 Å². The van der Waals surface area contributed by atoms with E-state index in [0.29, 0.717) is 16.9 Å². The van der Waals surface area contributed by atoms with E-state index in [1.807, 2.05) is 24.5 Å². The Morgan fingerprint density at radius 1 is 1.58 bits per heavy atom. The van der Waals surface area contributed by atoms with Crippen LogP contribution in [-0.4, -0.2) is 30.5 Å². The number of thioether (sulfide) groups is 1. The van der Waals surface area contributed by atoms with Crippen molar-refractivity contribution < 1.29 is 4.74 Å². The van der Waals surface area contributed by atoms with Crippen molar-refractivity contribution >= 4 is 34.7 Å². The van der Waals surface area contributed by atoms with Crippen molar-refractivity contribution in [2.75, 3.05) is 24.8 Å². The van der Waals surface area contributed by atoms with Gasteiger partial charge in [-0.2, -0.15) is 0 Å². The van der Waals surface area contributed by atoms with Gasteiger partial charge in [0.2, 0.25) is 0 Å².